The summed E-state index contributed by atoms with van der Waals surface area (Å²) >= 11 is 0. The van der Waals surface area contributed by atoms with E-state index < -0.39 is 17.4 Å². The van der Waals surface area contributed by atoms with E-state index in [1.165, 1.54) is 19.8 Å². The van der Waals surface area contributed by atoms with Crippen molar-refractivity contribution >= 4 is 29.3 Å². The average molecular weight is 476 g/mol. The van der Waals surface area contributed by atoms with Gasteiger partial charge in [-0.1, -0.05) is 24.3 Å². The lowest BCUT2D eigenvalue weighted by Crippen LogP contribution is -2.39. The summed E-state index contributed by atoms with van der Waals surface area (Å²) in [6.07, 6.45) is 0.642. The molecule has 1 unspecified atom stereocenters. The third kappa shape index (κ3) is 4.30. The summed E-state index contributed by atoms with van der Waals surface area (Å²) in [5.74, 6) is -0.497. The molecule has 0 bridgehead atoms. The fourth-order valence-corrected chi connectivity index (χ4v) is 4.54. The van der Waals surface area contributed by atoms with Crippen molar-refractivity contribution in [1.82, 2.24) is 9.97 Å². The van der Waals surface area contributed by atoms with E-state index in [0.717, 1.165) is 12.0 Å². The molecule has 0 saturated heterocycles. The zero-order chi connectivity index (χ0) is 24.5. The Morgan fingerprint density at radius 1 is 1.11 bits per heavy atom. The average Bonchev–Trinajstić information content (AvgIpc) is 2.87. The van der Waals surface area contributed by atoms with Gasteiger partial charge in [0.25, 0.3) is 5.56 Å². The van der Waals surface area contributed by atoms with E-state index in [2.05, 4.69) is 26.7 Å². The lowest BCUT2D eigenvalue weighted by Gasteiger charge is -2.30. The number of hydrogen-bond acceptors (Lipinski definition) is 7. The monoisotopic (exact) mass is 475 g/mol. The Kier molecular flexibility index (Phi) is 5.86. The van der Waals surface area contributed by atoms with Crippen LogP contribution in [0.3, 0.4) is 0 Å². The number of carbonyl (C=O) groups excluding carboxylic acids is 2. The molecule has 0 spiro atoms. The Balaban J connectivity index is 1.45. The molecule has 1 aromatic heterocycles. The van der Waals surface area contributed by atoms with Crippen LogP contribution in [-0.2, 0) is 22.6 Å². The first kappa shape index (κ1) is 22.5. The van der Waals surface area contributed by atoms with Crippen LogP contribution < -0.4 is 30.6 Å². The summed E-state index contributed by atoms with van der Waals surface area (Å²) in [6, 6.07) is 13.1. The van der Waals surface area contributed by atoms with E-state index in [1.54, 1.807) is 18.2 Å². The van der Waals surface area contributed by atoms with Gasteiger partial charge in [-0.2, -0.15) is 4.98 Å². The molecule has 10 nitrogen and oxygen atoms in total. The highest BCUT2D eigenvalue weighted by Gasteiger charge is 2.35. The maximum absolute atomic E-state index is 13.2. The minimum atomic E-state index is -1.01. The molecule has 3 heterocycles. The van der Waals surface area contributed by atoms with Crippen LogP contribution in [0.2, 0.25) is 0 Å². The number of fused-ring (bicyclic) bond motifs is 2. The maximum atomic E-state index is 13.2. The Hall–Kier alpha value is -4.34. The highest BCUT2D eigenvalue weighted by molar-refractivity contribution is 6.05. The highest BCUT2D eigenvalue weighted by Crippen LogP contribution is 2.34. The molecule has 0 fully saturated rings. The van der Waals surface area contributed by atoms with Gasteiger partial charge in [0.15, 0.2) is 0 Å². The lowest BCUT2D eigenvalue weighted by atomic mass is 9.92. The second-order valence-corrected chi connectivity index (χ2v) is 8.45. The van der Waals surface area contributed by atoms with E-state index >= 15 is 0 Å². The quantitative estimate of drug-likeness (QED) is 0.517. The molecule has 0 radical (unpaired) electrons. The van der Waals surface area contributed by atoms with Crippen molar-refractivity contribution < 1.29 is 19.1 Å². The van der Waals surface area contributed by atoms with Gasteiger partial charge < -0.3 is 25.0 Å². The number of anilines is 3. The molecule has 3 aromatic rings. The third-order valence-electron chi connectivity index (χ3n) is 6.35. The van der Waals surface area contributed by atoms with Crippen LogP contribution in [0.4, 0.5) is 17.5 Å². The van der Waals surface area contributed by atoms with Crippen molar-refractivity contribution in [1.29, 1.82) is 0 Å². The molecule has 2 aliphatic heterocycles. The minimum absolute atomic E-state index is 0.108. The van der Waals surface area contributed by atoms with E-state index in [1.807, 2.05) is 23.1 Å². The molecule has 180 valence electrons. The fourth-order valence-electron chi connectivity index (χ4n) is 4.54. The van der Waals surface area contributed by atoms with E-state index in [9.17, 15) is 14.4 Å². The summed E-state index contributed by atoms with van der Waals surface area (Å²) in [4.78, 5) is 48.2. The minimum Gasteiger partial charge on any atom is -0.497 e. The van der Waals surface area contributed by atoms with Gasteiger partial charge in [-0.05, 0) is 29.7 Å². The number of amides is 2. The topological polar surface area (TPSA) is 126 Å². The summed E-state index contributed by atoms with van der Waals surface area (Å²) in [5, 5.41) is 5.44. The molecule has 35 heavy (non-hydrogen) atoms. The predicted molar refractivity (Wildman–Crippen MR) is 130 cm³/mol. The number of hydrogen-bond donors (Lipinski definition) is 3. The van der Waals surface area contributed by atoms with Crippen molar-refractivity contribution in [2.45, 2.75) is 25.3 Å². The number of nitrogens with one attached hydrogen (secondary N) is 3. The number of benzene rings is 2. The molecular weight excluding hydrogens is 450 g/mol. The smallest absolute Gasteiger partial charge is 0.258 e. The first-order valence-corrected chi connectivity index (χ1v) is 11.3. The van der Waals surface area contributed by atoms with Crippen molar-refractivity contribution in [3.63, 3.8) is 0 Å². The van der Waals surface area contributed by atoms with Crippen LogP contribution in [0.25, 0.3) is 0 Å². The SMILES string of the molecule is COc1ccc(OC)c(NC(=O)C2CC(=O)Nc3nc(N4CCc5ccccc5C4)[nH]c(=O)c32)c1. The number of rotatable bonds is 5. The van der Waals surface area contributed by atoms with Crippen molar-refractivity contribution in [2.75, 3.05) is 36.3 Å². The van der Waals surface area contributed by atoms with Crippen molar-refractivity contribution in [2.24, 2.45) is 0 Å². The van der Waals surface area contributed by atoms with E-state index in [-0.39, 0.29) is 23.7 Å². The lowest BCUT2D eigenvalue weighted by molar-refractivity contribution is -0.123. The normalized spacial score (nSPS) is 16.6. The van der Waals surface area contributed by atoms with E-state index in [4.69, 9.17) is 9.47 Å². The zero-order valence-electron chi connectivity index (χ0n) is 19.4. The van der Waals surface area contributed by atoms with Crippen molar-refractivity contribution in [3.8, 4) is 11.5 Å². The molecule has 1 atom stereocenters. The predicted octanol–water partition coefficient (Wildman–Crippen LogP) is 2.41. The standard InChI is InChI=1S/C25H25N5O5/c1-34-16-7-8-19(35-2)18(11-16)26-23(32)17-12-20(31)27-22-21(17)24(33)29-25(28-22)30-10-9-14-5-3-4-6-15(14)13-30/h3-8,11,17H,9-10,12-13H2,1-2H3,(H,26,32)(H2,27,28,29,31,33). The molecule has 2 aliphatic rings. The Morgan fingerprint density at radius 2 is 1.91 bits per heavy atom. The molecule has 0 saturated carbocycles. The molecule has 2 amide bonds. The van der Waals surface area contributed by atoms with Gasteiger partial charge in [0.2, 0.25) is 17.8 Å². The molecule has 5 rings (SSSR count). The Bertz CT molecular complexity index is 1370. The largest absolute Gasteiger partial charge is 0.497 e. The zero-order valence-corrected chi connectivity index (χ0v) is 19.4. The number of nitrogens with zero attached hydrogens (tertiary/aromatic N) is 2. The van der Waals surface area contributed by atoms with Crippen molar-refractivity contribution in [3.05, 3.63) is 69.5 Å². The van der Waals surface area contributed by atoms with Gasteiger partial charge in [-0.25, -0.2) is 0 Å². The van der Waals surface area contributed by atoms with Gasteiger partial charge in [-0.15, -0.1) is 0 Å². The number of H-pyrrole nitrogens is 1. The second kappa shape index (κ2) is 9.13. The van der Waals surface area contributed by atoms with Gasteiger partial charge in [-0.3, -0.25) is 19.4 Å². The number of ether oxygens (including phenoxy) is 2. The fraction of sp³-hybridized carbons (Fsp3) is 0.280. The van der Waals surface area contributed by atoms with Crippen LogP contribution in [0.1, 0.15) is 29.0 Å². The van der Waals surface area contributed by atoms with Crippen LogP contribution in [0, 0.1) is 0 Å². The molecule has 2 aromatic carbocycles. The molecular formula is C25H25N5O5. The molecule has 0 aliphatic carbocycles. The summed E-state index contributed by atoms with van der Waals surface area (Å²) in [7, 11) is 2.99. The third-order valence-corrected chi connectivity index (χ3v) is 6.35. The number of carbonyl (C=O) groups is 2. The van der Waals surface area contributed by atoms with Gasteiger partial charge in [0, 0.05) is 25.6 Å². The van der Waals surface area contributed by atoms with Gasteiger partial charge >= 0.3 is 0 Å². The number of aromatic nitrogens is 2. The Morgan fingerprint density at radius 3 is 2.69 bits per heavy atom. The van der Waals surface area contributed by atoms with Crippen LogP contribution >= 0.6 is 0 Å². The van der Waals surface area contributed by atoms with Gasteiger partial charge in [0.05, 0.1) is 31.4 Å². The van der Waals surface area contributed by atoms with Crippen LogP contribution in [0.15, 0.2) is 47.3 Å². The summed E-state index contributed by atoms with van der Waals surface area (Å²) in [5.41, 5.74) is 2.47. The van der Waals surface area contributed by atoms with Crippen LogP contribution in [-0.4, -0.2) is 42.5 Å². The summed E-state index contributed by atoms with van der Waals surface area (Å²) in [6.45, 7) is 1.26. The van der Waals surface area contributed by atoms with Crippen LogP contribution in [0.5, 0.6) is 11.5 Å². The summed E-state index contributed by atoms with van der Waals surface area (Å²) < 4.78 is 10.5. The molecule has 3 N–H and O–H groups in total. The van der Waals surface area contributed by atoms with Gasteiger partial charge in [0.1, 0.15) is 17.3 Å². The number of aromatic amines is 1. The first-order chi connectivity index (χ1) is 17.0. The van der Waals surface area contributed by atoms with E-state index in [0.29, 0.717) is 36.2 Å². The first-order valence-electron chi connectivity index (χ1n) is 11.3. The maximum Gasteiger partial charge on any atom is 0.258 e. The molecule has 10 heteroatoms. The second-order valence-electron chi connectivity index (χ2n) is 8.45. The highest BCUT2D eigenvalue weighted by atomic mass is 16.5. The number of methoxy groups -OCH3 is 2. The Labute approximate surface area is 201 Å².